The molecule has 0 spiro atoms. The van der Waals surface area contributed by atoms with Crippen LogP contribution in [0.25, 0.3) is 16.8 Å². The van der Waals surface area contributed by atoms with Gasteiger partial charge < -0.3 is 0 Å². The van der Waals surface area contributed by atoms with Gasteiger partial charge in [0, 0.05) is 17.8 Å². The molecule has 0 bridgehead atoms. The Balaban J connectivity index is 2.01. The Morgan fingerprint density at radius 3 is 2.95 bits per heavy atom. The second-order valence-corrected chi connectivity index (χ2v) is 4.88. The lowest BCUT2D eigenvalue weighted by atomic mass is 10.1. The van der Waals surface area contributed by atoms with Crippen molar-refractivity contribution in [2.45, 2.75) is 0 Å². The molecule has 0 aliphatic carbocycles. The number of amides is 1. The van der Waals surface area contributed by atoms with Crippen LogP contribution in [0.15, 0.2) is 47.3 Å². The van der Waals surface area contributed by atoms with Crippen molar-refractivity contribution in [3.63, 3.8) is 0 Å². The van der Waals surface area contributed by atoms with Gasteiger partial charge in [-0.15, -0.1) is 0 Å². The van der Waals surface area contributed by atoms with Gasteiger partial charge in [0.05, 0.1) is 0 Å². The summed E-state index contributed by atoms with van der Waals surface area (Å²) in [6, 6.07) is 7.91. The van der Waals surface area contributed by atoms with Gasteiger partial charge in [-0.05, 0) is 35.4 Å². The maximum Gasteiger partial charge on any atom is 0.275 e. The van der Waals surface area contributed by atoms with E-state index in [0.717, 1.165) is 16.3 Å². The Hall–Kier alpha value is -2.14. The number of aliphatic imine (C=N–C) groups is 1. The summed E-state index contributed by atoms with van der Waals surface area (Å²) in [6.45, 7) is 0. The zero-order valence-electron chi connectivity index (χ0n) is 10.3. The lowest BCUT2D eigenvalue weighted by Crippen LogP contribution is -2.21. The third-order valence-corrected chi connectivity index (χ3v) is 3.42. The molecule has 1 aliphatic rings. The van der Waals surface area contributed by atoms with Crippen molar-refractivity contribution in [1.29, 1.82) is 0 Å². The third kappa shape index (κ3) is 2.37. The highest BCUT2D eigenvalue weighted by atomic mass is 32.2. The molecule has 1 N–H and O–H groups in total. The summed E-state index contributed by atoms with van der Waals surface area (Å²) >= 11 is 1.42. The predicted molar refractivity (Wildman–Crippen MR) is 78.8 cm³/mol. The van der Waals surface area contributed by atoms with Crippen molar-refractivity contribution in [2.24, 2.45) is 4.99 Å². The van der Waals surface area contributed by atoms with Crippen LogP contribution in [0.5, 0.6) is 0 Å². The van der Waals surface area contributed by atoms with Gasteiger partial charge in [-0.3, -0.25) is 15.1 Å². The summed E-state index contributed by atoms with van der Waals surface area (Å²) in [5, 5.41) is 5.52. The fraction of sp³-hybridized carbons (Fsp3) is 0.0714. The third-order valence-electron chi connectivity index (χ3n) is 2.84. The van der Waals surface area contributed by atoms with Crippen LogP contribution in [0.2, 0.25) is 0 Å². The topological polar surface area (TPSA) is 54.4 Å². The minimum atomic E-state index is -0.154. The Kier molecular flexibility index (Phi) is 3.05. The van der Waals surface area contributed by atoms with Crippen LogP contribution in [0.1, 0.15) is 5.56 Å². The molecule has 1 aromatic heterocycles. The van der Waals surface area contributed by atoms with Crippen molar-refractivity contribution < 1.29 is 4.79 Å². The first-order chi connectivity index (χ1) is 9.26. The van der Waals surface area contributed by atoms with E-state index in [2.05, 4.69) is 15.3 Å². The number of fused-ring (bicyclic) bond motifs is 1. The summed E-state index contributed by atoms with van der Waals surface area (Å²) in [5.41, 5.74) is 1.40. The Labute approximate surface area is 114 Å². The Morgan fingerprint density at radius 1 is 1.26 bits per heavy atom. The molecule has 4 nitrogen and oxygen atoms in total. The largest absolute Gasteiger partial charge is 0.300 e. The van der Waals surface area contributed by atoms with Gasteiger partial charge in [-0.2, -0.15) is 0 Å². The number of benzene rings is 1. The first-order valence-electron chi connectivity index (χ1n) is 5.76. The molecule has 0 unspecified atom stereocenters. The van der Waals surface area contributed by atoms with E-state index < -0.39 is 0 Å². The molecule has 0 fully saturated rings. The van der Waals surface area contributed by atoms with Crippen LogP contribution < -0.4 is 5.32 Å². The van der Waals surface area contributed by atoms with Crippen LogP contribution >= 0.6 is 11.8 Å². The van der Waals surface area contributed by atoms with Crippen molar-refractivity contribution in [2.75, 3.05) is 6.26 Å². The van der Waals surface area contributed by atoms with E-state index in [1.807, 2.05) is 36.7 Å². The fourth-order valence-corrected chi connectivity index (χ4v) is 2.28. The molecule has 5 heteroatoms. The zero-order chi connectivity index (χ0) is 13.2. The average molecular weight is 269 g/mol. The number of aromatic nitrogens is 1. The number of carbonyl (C=O) groups is 1. The molecule has 0 atom stereocenters. The molecule has 1 aromatic carbocycles. The number of nitrogens with one attached hydrogen (secondary N) is 1. The monoisotopic (exact) mass is 269 g/mol. The normalized spacial score (nSPS) is 16.8. The number of pyridine rings is 1. The van der Waals surface area contributed by atoms with Crippen LogP contribution in [0.4, 0.5) is 0 Å². The molecule has 0 radical (unpaired) electrons. The first kappa shape index (κ1) is 11.9. The second-order valence-electron chi connectivity index (χ2n) is 4.09. The molecule has 94 valence electrons. The van der Waals surface area contributed by atoms with Gasteiger partial charge in [-0.25, -0.2) is 4.99 Å². The maximum atomic E-state index is 11.7. The number of rotatable bonds is 1. The summed E-state index contributed by atoms with van der Waals surface area (Å²) in [4.78, 5) is 20.0. The van der Waals surface area contributed by atoms with Crippen molar-refractivity contribution in [1.82, 2.24) is 10.3 Å². The number of hydrogen-bond donors (Lipinski definition) is 1. The minimum Gasteiger partial charge on any atom is -0.300 e. The number of hydrogen-bond acceptors (Lipinski definition) is 4. The summed E-state index contributed by atoms with van der Waals surface area (Å²) in [5.74, 6) is -0.154. The molecule has 2 heterocycles. The molecule has 0 saturated heterocycles. The molecular weight excluding hydrogens is 258 g/mol. The highest BCUT2D eigenvalue weighted by Gasteiger charge is 2.18. The maximum absolute atomic E-state index is 11.7. The van der Waals surface area contributed by atoms with Crippen LogP contribution in [0.3, 0.4) is 0 Å². The zero-order valence-corrected chi connectivity index (χ0v) is 11.1. The van der Waals surface area contributed by atoms with E-state index in [4.69, 9.17) is 0 Å². The highest BCUT2D eigenvalue weighted by molar-refractivity contribution is 8.13. The summed E-state index contributed by atoms with van der Waals surface area (Å²) < 4.78 is 0. The molecule has 0 saturated carbocycles. The van der Waals surface area contributed by atoms with Crippen LogP contribution in [-0.2, 0) is 4.79 Å². The number of nitrogens with zero attached hydrogens (tertiary/aromatic N) is 2. The molecule has 3 rings (SSSR count). The Bertz CT molecular complexity index is 721. The van der Waals surface area contributed by atoms with Gasteiger partial charge >= 0.3 is 0 Å². The predicted octanol–water partition coefficient (Wildman–Crippen LogP) is 2.42. The summed E-state index contributed by atoms with van der Waals surface area (Å²) in [6.07, 6.45) is 7.24. The molecule has 1 aliphatic heterocycles. The van der Waals surface area contributed by atoms with Crippen LogP contribution in [-0.4, -0.2) is 22.3 Å². The molecule has 19 heavy (non-hydrogen) atoms. The smallest absolute Gasteiger partial charge is 0.275 e. The van der Waals surface area contributed by atoms with Crippen molar-refractivity contribution >= 4 is 39.7 Å². The fourth-order valence-electron chi connectivity index (χ4n) is 1.89. The van der Waals surface area contributed by atoms with E-state index in [1.165, 1.54) is 11.8 Å². The van der Waals surface area contributed by atoms with Gasteiger partial charge in [0.1, 0.15) is 5.70 Å². The minimum absolute atomic E-state index is 0.154. The van der Waals surface area contributed by atoms with Crippen molar-refractivity contribution in [3.8, 4) is 0 Å². The van der Waals surface area contributed by atoms with Crippen LogP contribution in [0, 0.1) is 0 Å². The lowest BCUT2D eigenvalue weighted by molar-refractivity contribution is -0.115. The molecular formula is C14H11N3OS. The Morgan fingerprint density at radius 2 is 2.16 bits per heavy atom. The second kappa shape index (κ2) is 4.85. The van der Waals surface area contributed by atoms with Gasteiger partial charge in [0.2, 0.25) is 0 Å². The molecule has 2 aromatic rings. The van der Waals surface area contributed by atoms with E-state index in [-0.39, 0.29) is 5.91 Å². The van der Waals surface area contributed by atoms with E-state index >= 15 is 0 Å². The van der Waals surface area contributed by atoms with E-state index in [0.29, 0.717) is 10.9 Å². The van der Waals surface area contributed by atoms with Gasteiger partial charge in [0.15, 0.2) is 5.17 Å². The quantitative estimate of drug-likeness (QED) is 0.809. The first-order valence-corrected chi connectivity index (χ1v) is 6.98. The van der Waals surface area contributed by atoms with E-state index in [1.54, 1.807) is 12.3 Å². The average Bonchev–Trinajstić information content (AvgIpc) is 2.79. The molecule has 1 amide bonds. The number of amidine groups is 1. The number of thioether (sulfide) groups is 1. The standard InChI is InChI=1S/C14H11N3OS/c1-19-14-16-12(13(18)17-14)7-9-2-3-11-8-15-5-4-10(11)6-9/h2-8H,1H3,(H,16,17,18)/b12-7-. The number of carbonyl (C=O) groups excluding carboxylic acids is 1. The van der Waals surface area contributed by atoms with E-state index in [9.17, 15) is 4.79 Å². The lowest BCUT2D eigenvalue weighted by Gasteiger charge is -1.99. The van der Waals surface area contributed by atoms with Gasteiger partial charge in [0.25, 0.3) is 5.91 Å². The summed E-state index contributed by atoms with van der Waals surface area (Å²) in [7, 11) is 0. The van der Waals surface area contributed by atoms with Crippen molar-refractivity contribution in [3.05, 3.63) is 47.9 Å². The van der Waals surface area contributed by atoms with Gasteiger partial charge in [-0.1, -0.05) is 23.9 Å². The SMILES string of the molecule is CSC1=N/C(=C\c2ccc3cnccc3c2)C(=O)N1. The highest BCUT2D eigenvalue weighted by Crippen LogP contribution is 2.19.